The molecular formula is C23H26N2O4S. The number of amides is 1. The number of nitrogens with zero attached hydrogens (tertiary/aromatic N) is 1. The molecule has 0 radical (unpaired) electrons. The summed E-state index contributed by atoms with van der Waals surface area (Å²) in [6.45, 7) is 1.19. The van der Waals surface area contributed by atoms with Gasteiger partial charge in [-0.25, -0.2) is 12.7 Å². The van der Waals surface area contributed by atoms with Crippen LogP contribution >= 0.6 is 0 Å². The maximum absolute atomic E-state index is 12.7. The lowest BCUT2D eigenvalue weighted by molar-refractivity contribution is -0.121. The molecule has 2 aromatic carbocycles. The highest BCUT2D eigenvalue weighted by Crippen LogP contribution is 2.28. The Kier molecular flexibility index (Phi) is 6.20. The van der Waals surface area contributed by atoms with Gasteiger partial charge in [0.25, 0.3) is 0 Å². The lowest BCUT2D eigenvalue weighted by Crippen LogP contribution is -2.32. The van der Waals surface area contributed by atoms with Crippen molar-refractivity contribution in [1.29, 1.82) is 0 Å². The summed E-state index contributed by atoms with van der Waals surface area (Å²) in [5.74, 6) is 0.461. The van der Waals surface area contributed by atoms with Crippen LogP contribution in [0.4, 0.5) is 0 Å². The van der Waals surface area contributed by atoms with Crippen LogP contribution in [0.15, 0.2) is 65.1 Å². The average Bonchev–Trinajstić information content (AvgIpc) is 3.43. The highest BCUT2D eigenvalue weighted by Gasteiger charge is 2.25. The zero-order valence-electron chi connectivity index (χ0n) is 16.8. The third kappa shape index (κ3) is 4.74. The fourth-order valence-corrected chi connectivity index (χ4v) is 5.43. The van der Waals surface area contributed by atoms with Crippen LogP contribution in [0, 0.1) is 0 Å². The minimum atomic E-state index is -3.27. The van der Waals surface area contributed by atoms with Gasteiger partial charge in [-0.05, 0) is 37.0 Å². The minimum absolute atomic E-state index is 0.00105. The number of furan rings is 1. The number of fused-ring (bicyclic) bond motifs is 1. The highest BCUT2D eigenvalue weighted by molar-refractivity contribution is 7.89. The van der Waals surface area contributed by atoms with Crippen molar-refractivity contribution in [2.75, 3.05) is 18.8 Å². The zero-order chi connectivity index (χ0) is 21.0. The summed E-state index contributed by atoms with van der Waals surface area (Å²) in [6, 6.07) is 18.9. The van der Waals surface area contributed by atoms with Crippen molar-refractivity contribution >= 4 is 26.9 Å². The number of benzene rings is 2. The maximum atomic E-state index is 12.7. The van der Waals surface area contributed by atoms with Crippen LogP contribution in [-0.4, -0.2) is 37.5 Å². The minimum Gasteiger partial charge on any atom is -0.459 e. The second-order valence-corrected chi connectivity index (χ2v) is 9.71. The lowest BCUT2D eigenvalue weighted by atomic mass is 10.0. The number of carbonyl (C=O) groups is 1. The standard InChI is InChI=1S/C23H26N2O4S/c26-22(13-8-16-30(27,28)25-14-6-7-15-25)24-23(18-9-2-1-3-10-18)21-17-19-11-4-5-12-20(19)29-21/h1-5,9-12,17,23H,6-8,13-16H2,(H,24,26). The van der Waals surface area contributed by atoms with Crippen LogP contribution in [-0.2, 0) is 14.8 Å². The van der Waals surface area contributed by atoms with Gasteiger partial charge < -0.3 is 9.73 Å². The van der Waals surface area contributed by atoms with Gasteiger partial charge in [0, 0.05) is 24.9 Å². The molecule has 1 saturated heterocycles. The Labute approximate surface area is 176 Å². The van der Waals surface area contributed by atoms with Crippen molar-refractivity contribution in [3.8, 4) is 0 Å². The number of hydrogen-bond donors (Lipinski definition) is 1. The van der Waals surface area contributed by atoms with Crippen molar-refractivity contribution in [3.05, 3.63) is 72.0 Å². The fourth-order valence-electron chi connectivity index (χ4n) is 3.85. The molecule has 0 spiro atoms. The van der Waals surface area contributed by atoms with E-state index >= 15 is 0 Å². The van der Waals surface area contributed by atoms with Gasteiger partial charge >= 0.3 is 0 Å². The lowest BCUT2D eigenvalue weighted by Gasteiger charge is -2.18. The molecule has 6 nitrogen and oxygen atoms in total. The summed E-state index contributed by atoms with van der Waals surface area (Å²) in [7, 11) is -3.27. The van der Waals surface area contributed by atoms with E-state index in [0.717, 1.165) is 29.4 Å². The van der Waals surface area contributed by atoms with Crippen molar-refractivity contribution in [2.45, 2.75) is 31.7 Å². The molecule has 1 aliphatic heterocycles. The number of nitrogens with one attached hydrogen (secondary N) is 1. The van der Waals surface area contributed by atoms with Crippen molar-refractivity contribution in [1.82, 2.24) is 9.62 Å². The van der Waals surface area contributed by atoms with E-state index in [2.05, 4.69) is 5.32 Å². The largest absolute Gasteiger partial charge is 0.459 e. The van der Waals surface area contributed by atoms with Crippen LogP contribution in [0.1, 0.15) is 43.0 Å². The van der Waals surface area contributed by atoms with Gasteiger partial charge in [0.1, 0.15) is 17.4 Å². The summed E-state index contributed by atoms with van der Waals surface area (Å²) in [5, 5.41) is 4.00. The summed E-state index contributed by atoms with van der Waals surface area (Å²) in [6.07, 6.45) is 2.27. The molecule has 1 aromatic heterocycles. The quantitative estimate of drug-likeness (QED) is 0.593. The molecule has 30 heavy (non-hydrogen) atoms. The Morgan fingerprint density at radius 3 is 2.47 bits per heavy atom. The summed E-state index contributed by atoms with van der Waals surface area (Å²) in [4.78, 5) is 12.7. The third-order valence-corrected chi connectivity index (χ3v) is 7.39. The van der Waals surface area contributed by atoms with Crippen LogP contribution < -0.4 is 5.32 Å². The molecular weight excluding hydrogens is 400 g/mol. The highest BCUT2D eigenvalue weighted by atomic mass is 32.2. The van der Waals surface area contributed by atoms with Gasteiger partial charge in [-0.15, -0.1) is 0 Å². The monoisotopic (exact) mass is 426 g/mol. The van der Waals surface area contributed by atoms with Gasteiger partial charge in [0.2, 0.25) is 15.9 Å². The first kappa shape index (κ1) is 20.6. The van der Waals surface area contributed by atoms with E-state index in [1.54, 1.807) is 0 Å². The van der Waals surface area contributed by atoms with Gasteiger partial charge in [-0.2, -0.15) is 0 Å². The van der Waals surface area contributed by atoms with Crippen LogP contribution in [0.25, 0.3) is 11.0 Å². The Hall–Kier alpha value is -2.64. The SMILES string of the molecule is O=C(CCCS(=O)(=O)N1CCCC1)NC(c1ccccc1)c1cc2ccccc2o1. The second kappa shape index (κ2) is 9.02. The van der Waals surface area contributed by atoms with Crippen molar-refractivity contribution in [3.63, 3.8) is 0 Å². The van der Waals surface area contributed by atoms with E-state index in [0.29, 0.717) is 25.3 Å². The Bertz CT molecular complexity index is 1070. The first-order valence-electron chi connectivity index (χ1n) is 10.3. The molecule has 3 aromatic rings. The number of hydrogen-bond acceptors (Lipinski definition) is 4. The van der Waals surface area contributed by atoms with Crippen molar-refractivity contribution < 1.29 is 17.6 Å². The Morgan fingerprint density at radius 2 is 1.73 bits per heavy atom. The summed E-state index contributed by atoms with van der Waals surface area (Å²) >= 11 is 0. The smallest absolute Gasteiger partial charge is 0.220 e. The van der Waals surface area contributed by atoms with E-state index in [1.165, 1.54) is 4.31 Å². The molecule has 0 saturated carbocycles. The second-order valence-electron chi connectivity index (χ2n) is 7.62. The van der Waals surface area contributed by atoms with E-state index in [-0.39, 0.29) is 18.1 Å². The molecule has 1 amide bonds. The number of sulfonamides is 1. The van der Waals surface area contributed by atoms with E-state index in [1.807, 2.05) is 60.7 Å². The molecule has 2 heterocycles. The molecule has 1 aliphatic rings. The summed E-state index contributed by atoms with van der Waals surface area (Å²) < 4.78 is 32.2. The fraction of sp³-hybridized carbons (Fsp3) is 0.348. The molecule has 1 fully saturated rings. The van der Waals surface area contributed by atoms with Gasteiger partial charge in [0.15, 0.2) is 0 Å². The Balaban J connectivity index is 1.44. The van der Waals surface area contributed by atoms with Crippen LogP contribution in [0.5, 0.6) is 0 Å². The third-order valence-electron chi connectivity index (χ3n) is 5.43. The van der Waals surface area contributed by atoms with Crippen molar-refractivity contribution in [2.24, 2.45) is 0 Å². The molecule has 158 valence electrons. The molecule has 1 N–H and O–H groups in total. The predicted molar refractivity (Wildman–Crippen MR) is 116 cm³/mol. The topological polar surface area (TPSA) is 79.6 Å². The van der Waals surface area contributed by atoms with Gasteiger partial charge in [-0.3, -0.25) is 4.79 Å². The zero-order valence-corrected chi connectivity index (χ0v) is 17.6. The number of carbonyl (C=O) groups excluding carboxylic acids is 1. The molecule has 1 unspecified atom stereocenters. The number of para-hydroxylation sites is 1. The molecule has 1 atom stereocenters. The molecule has 0 aliphatic carbocycles. The molecule has 7 heteroatoms. The maximum Gasteiger partial charge on any atom is 0.220 e. The van der Waals surface area contributed by atoms with Gasteiger partial charge in [0.05, 0.1) is 5.75 Å². The Morgan fingerprint density at radius 1 is 1.03 bits per heavy atom. The summed E-state index contributed by atoms with van der Waals surface area (Å²) in [5.41, 5.74) is 1.67. The van der Waals surface area contributed by atoms with E-state index in [4.69, 9.17) is 4.42 Å². The van der Waals surface area contributed by atoms with Gasteiger partial charge in [-0.1, -0.05) is 48.5 Å². The predicted octanol–water partition coefficient (Wildman–Crippen LogP) is 3.84. The number of rotatable bonds is 8. The molecule has 0 bridgehead atoms. The van der Waals surface area contributed by atoms with E-state index in [9.17, 15) is 13.2 Å². The average molecular weight is 427 g/mol. The first-order valence-corrected chi connectivity index (χ1v) is 11.9. The van der Waals surface area contributed by atoms with E-state index < -0.39 is 16.1 Å². The normalized spacial score (nSPS) is 16.0. The molecule has 4 rings (SSSR count). The van der Waals surface area contributed by atoms with Crippen LogP contribution in [0.2, 0.25) is 0 Å². The van der Waals surface area contributed by atoms with Crippen LogP contribution in [0.3, 0.4) is 0 Å². The first-order chi connectivity index (χ1) is 14.5.